The molecule has 0 aliphatic heterocycles. The highest BCUT2D eigenvalue weighted by atomic mass is 32.2. The van der Waals surface area contributed by atoms with Gasteiger partial charge in [0, 0.05) is 18.2 Å². The average molecular weight is 320 g/mol. The first-order valence-electron chi connectivity index (χ1n) is 6.93. The molecule has 0 saturated carbocycles. The topological polar surface area (TPSA) is 69.2 Å². The van der Waals surface area contributed by atoms with Gasteiger partial charge in [-0.1, -0.05) is 0 Å². The standard InChI is InChI=1S/C15H20N4O2S/c1-20-11-5-6-12(14(9-11)21-2)13-10-17-19-15(18-13)16-7-4-8-22-3/h5-6,9-10H,4,7-8H2,1-3H3,(H,16,18,19). The second-order valence-corrected chi connectivity index (χ2v) is 5.49. The van der Waals surface area contributed by atoms with Gasteiger partial charge >= 0.3 is 0 Å². The van der Waals surface area contributed by atoms with Gasteiger partial charge in [0.1, 0.15) is 11.5 Å². The van der Waals surface area contributed by atoms with Crippen molar-refractivity contribution in [1.29, 1.82) is 0 Å². The molecule has 2 rings (SSSR count). The molecule has 0 amide bonds. The van der Waals surface area contributed by atoms with E-state index in [1.807, 2.05) is 30.0 Å². The number of thioether (sulfide) groups is 1. The van der Waals surface area contributed by atoms with Crippen molar-refractivity contribution in [3.63, 3.8) is 0 Å². The lowest BCUT2D eigenvalue weighted by atomic mass is 10.1. The summed E-state index contributed by atoms with van der Waals surface area (Å²) in [6.07, 6.45) is 4.77. The lowest BCUT2D eigenvalue weighted by molar-refractivity contribution is 0.395. The number of hydrogen-bond donors (Lipinski definition) is 1. The Morgan fingerprint density at radius 2 is 2.09 bits per heavy atom. The van der Waals surface area contributed by atoms with E-state index in [0.717, 1.165) is 30.0 Å². The van der Waals surface area contributed by atoms with Crippen molar-refractivity contribution in [3.8, 4) is 22.8 Å². The van der Waals surface area contributed by atoms with Crippen LogP contribution >= 0.6 is 11.8 Å². The summed E-state index contributed by atoms with van der Waals surface area (Å²) < 4.78 is 10.6. The smallest absolute Gasteiger partial charge is 0.243 e. The van der Waals surface area contributed by atoms with Crippen LogP contribution in [0.3, 0.4) is 0 Å². The second kappa shape index (κ2) is 8.43. The third kappa shape index (κ3) is 4.24. The summed E-state index contributed by atoms with van der Waals surface area (Å²) in [5, 5.41) is 11.2. The maximum Gasteiger partial charge on any atom is 0.243 e. The number of rotatable bonds is 8. The lowest BCUT2D eigenvalue weighted by Gasteiger charge is -2.10. The molecular weight excluding hydrogens is 300 g/mol. The van der Waals surface area contributed by atoms with Crippen LogP contribution in [0.1, 0.15) is 6.42 Å². The fourth-order valence-electron chi connectivity index (χ4n) is 1.94. The monoisotopic (exact) mass is 320 g/mol. The SMILES string of the molecule is COc1ccc(-c2cnnc(NCCCSC)n2)c(OC)c1. The zero-order valence-electron chi connectivity index (χ0n) is 13.0. The van der Waals surface area contributed by atoms with Gasteiger partial charge in [-0.2, -0.15) is 16.9 Å². The van der Waals surface area contributed by atoms with Crippen LogP contribution in [0, 0.1) is 0 Å². The molecule has 0 saturated heterocycles. The maximum absolute atomic E-state index is 5.40. The van der Waals surface area contributed by atoms with Crippen LogP contribution in [0.2, 0.25) is 0 Å². The van der Waals surface area contributed by atoms with Gasteiger partial charge in [0.15, 0.2) is 0 Å². The van der Waals surface area contributed by atoms with Crippen molar-refractivity contribution >= 4 is 17.7 Å². The Morgan fingerprint density at radius 1 is 1.23 bits per heavy atom. The number of benzene rings is 1. The molecule has 6 nitrogen and oxygen atoms in total. The van der Waals surface area contributed by atoms with E-state index < -0.39 is 0 Å². The largest absolute Gasteiger partial charge is 0.497 e. The molecule has 22 heavy (non-hydrogen) atoms. The molecule has 118 valence electrons. The van der Waals surface area contributed by atoms with Crippen LogP contribution in [0.25, 0.3) is 11.3 Å². The van der Waals surface area contributed by atoms with Gasteiger partial charge in [-0.25, -0.2) is 4.98 Å². The van der Waals surface area contributed by atoms with E-state index in [0.29, 0.717) is 17.4 Å². The maximum atomic E-state index is 5.40. The summed E-state index contributed by atoms with van der Waals surface area (Å²) in [6, 6.07) is 5.59. The van der Waals surface area contributed by atoms with E-state index in [1.165, 1.54) is 0 Å². The van der Waals surface area contributed by atoms with Gasteiger partial charge < -0.3 is 14.8 Å². The average Bonchev–Trinajstić information content (AvgIpc) is 2.58. The van der Waals surface area contributed by atoms with Crippen molar-refractivity contribution in [2.24, 2.45) is 0 Å². The van der Waals surface area contributed by atoms with E-state index in [-0.39, 0.29) is 0 Å². The Bertz CT molecular complexity index is 610. The molecule has 0 spiro atoms. The number of aromatic nitrogens is 3. The lowest BCUT2D eigenvalue weighted by Crippen LogP contribution is -2.07. The summed E-state index contributed by atoms with van der Waals surface area (Å²) in [4.78, 5) is 4.49. The van der Waals surface area contributed by atoms with Gasteiger partial charge in [0.05, 0.1) is 26.1 Å². The molecule has 1 aromatic heterocycles. The van der Waals surface area contributed by atoms with Crippen molar-refractivity contribution in [3.05, 3.63) is 24.4 Å². The van der Waals surface area contributed by atoms with Crippen LogP contribution in [0.5, 0.6) is 11.5 Å². The Labute approximate surface area is 134 Å². The Balaban J connectivity index is 2.18. The predicted molar refractivity (Wildman–Crippen MR) is 89.9 cm³/mol. The second-order valence-electron chi connectivity index (χ2n) is 4.50. The number of hydrogen-bond acceptors (Lipinski definition) is 7. The molecule has 1 aromatic carbocycles. The molecule has 1 N–H and O–H groups in total. The fraction of sp³-hybridized carbons (Fsp3) is 0.400. The van der Waals surface area contributed by atoms with E-state index in [2.05, 4.69) is 26.8 Å². The number of nitrogens with one attached hydrogen (secondary N) is 1. The molecule has 0 radical (unpaired) electrons. The van der Waals surface area contributed by atoms with Gasteiger partial charge in [-0.3, -0.25) is 0 Å². The first-order valence-corrected chi connectivity index (χ1v) is 8.32. The van der Waals surface area contributed by atoms with Gasteiger partial charge in [0.25, 0.3) is 0 Å². The number of methoxy groups -OCH3 is 2. The molecule has 1 heterocycles. The molecule has 2 aromatic rings. The van der Waals surface area contributed by atoms with E-state index in [9.17, 15) is 0 Å². The third-order valence-electron chi connectivity index (χ3n) is 3.05. The van der Waals surface area contributed by atoms with E-state index >= 15 is 0 Å². The molecule has 0 aliphatic rings. The summed E-state index contributed by atoms with van der Waals surface area (Å²) in [6.45, 7) is 0.825. The summed E-state index contributed by atoms with van der Waals surface area (Å²) >= 11 is 1.82. The van der Waals surface area contributed by atoms with Crippen LogP contribution in [-0.4, -0.2) is 48.0 Å². The Morgan fingerprint density at radius 3 is 2.82 bits per heavy atom. The molecular formula is C15H20N4O2S. The molecule has 0 bridgehead atoms. The minimum atomic E-state index is 0.525. The molecule has 7 heteroatoms. The summed E-state index contributed by atoms with van der Waals surface area (Å²) in [7, 11) is 3.24. The van der Waals surface area contributed by atoms with Crippen LogP contribution < -0.4 is 14.8 Å². The molecule has 0 atom stereocenters. The van der Waals surface area contributed by atoms with E-state index in [4.69, 9.17) is 9.47 Å². The first kappa shape index (κ1) is 16.4. The van der Waals surface area contributed by atoms with Crippen LogP contribution in [-0.2, 0) is 0 Å². The summed E-state index contributed by atoms with van der Waals surface area (Å²) in [5.74, 6) is 3.05. The first-order chi connectivity index (χ1) is 10.8. The molecule has 0 unspecified atom stereocenters. The van der Waals surface area contributed by atoms with Crippen molar-refractivity contribution in [2.75, 3.05) is 38.1 Å². The molecule has 0 fully saturated rings. The zero-order chi connectivity index (χ0) is 15.8. The predicted octanol–water partition coefficient (Wildman–Crippen LogP) is 2.72. The zero-order valence-corrected chi connectivity index (χ0v) is 13.8. The number of ether oxygens (including phenoxy) is 2. The highest BCUT2D eigenvalue weighted by Crippen LogP contribution is 2.31. The van der Waals surface area contributed by atoms with Crippen LogP contribution in [0.15, 0.2) is 24.4 Å². The van der Waals surface area contributed by atoms with Crippen LogP contribution in [0.4, 0.5) is 5.95 Å². The minimum absolute atomic E-state index is 0.525. The highest BCUT2D eigenvalue weighted by Gasteiger charge is 2.10. The number of anilines is 1. The third-order valence-corrected chi connectivity index (χ3v) is 3.75. The molecule has 0 aliphatic carbocycles. The highest BCUT2D eigenvalue weighted by molar-refractivity contribution is 7.98. The van der Waals surface area contributed by atoms with Crippen molar-refractivity contribution in [2.45, 2.75) is 6.42 Å². The quantitative estimate of drug-likeness (QED) is 0.750. The van der Waals surface area contributed by atoms with Crippen molar-refractivity contribution < 1.29 is 9.47 Å². The number of nitrogens with zero attached hydrogens (tertiary/aromatic N) is 3. The van der Waals surface area contributed by atoms with Gasteiger partial charge in [-0.05, 0) is 30.6 Å². The van der Waals surface area contributed by atoms with Gasteiger partial charge in [0.2, 0.25) is 5.95 Å². The Kier molecular flexibility index (Phi) is 6.27. The van der Waals surface area contributed by atoms with Crippen molar-refractivity contribution in [1.82, 2.24) is 15.2 Å². The van der Waals surface area contributed by atoms with E-state index in [1.54, 1.807) is 20.4 Å². The normalized spacial score (nSPS) is 10.3. The van der Waals surface area contributed by atoms with Gasteiger partial charge in [-0.15, -0.1) is 5.10 Å². The Hall–Kier alpha value is -2.02. The summed E-state index contributed by atoms with van der Waals surface area (Å²) in [5.41, 5.74) is 1.56. The fourth-order valence-corrected chi connectivity index (χ4v) is 2.37. The minimum Gasteiger partial charge on any atom is -0.497 e.